The average Bonchev–Trinajstić information content (AvgIpc) is 2.46. The minimum atomic E-state index is -0.360. The summed E-state index contributed by atoms with van der Waals surface area (Å²) >= 11 is 2.02. The molecular formula is C14H21N3O2S. The van der Waals surface area contributed by atoms with Crippen LogP contribution in [-0.4, -0.2) is 40.6 Å². The van der Waals surface area contributed by atoms with Crippen LogP contribution in [0.25, 0.3) is 0 Å². The lowest BCUT2D eigenvalue weighted by Gasteiger charge is -2.21. The number of aromatic nitrogens is 2. The third-order valence-corrected chi connectivity index (χ3v) is 4.41. The highest BCUT2D eigenvalue weighted by Gasteiger charge is 2.15. The van der Waals surface area contributed by atoms with E-state index in [1.807, 2.05) is 11.8 Å². The van der Waals surface area contributed by atoms with E-state index in [0.717, 1.165) is 6.54 Å². The van der Waals surface area contributed by atoms with Crippen LogP contribution in [0.3, 0.4) is 0 Å². The molecule has 0 atom stereocenters. The fourth-order valence-corrected chi connectivity index (χ4v) is 3.35. The van der Waals surface area contributed by atoms with Crippen molar-refractivity contribution in [1.29, 1.82) is 0 Å². The number of nitrogens with zero attached hydrogens (tertiary/aromatic N) is 2. The Kier molecular flexibility index (Phi) is 5.64. The Morgan fingerprint density at radius 2 is 2.25 bits per heavy atom. The molecule has 0 aromatic carbocycles. The van der Waals surface area contributed by atoms with Crippen molar-refractivity contribution in [2.45, 2.75) is 26.7 Å². The number of ether oxygens (including phenoxy) is 1. The van der Waals surface area contributed by atoms with Crippen molar-refractivity contribution < 1.29 is 9.53 Å². The Bertz CT molecular complexity index is 462. The van der Waals surface area contributed by atoms with E-state index in [0.29, 0.717) is 29.7 Å². The van der Waals surface area contributed by atoms with Gasteiger partial charge in [-0.2, -0.15) is 11.8 Å². The lowest BCUT2D eigenvalue weighted by atomic mass is 10.0. The van der Waals surface area contributed by atoms with Crippen molar-refractivity contribution in [3.8, 4) is 0 Å². The van der Waals surface area contributed by atoms with Gasteiger partial charge in [0.2, 0.25) is 5.95 Å². The van der Waals surface area contributed by atoms with Gasteiger partial charge in [0, 0.05) is 12.7 Å². The molecule has 0 amide bonds. The highest BCUT2D eigenvalue weighted by Crippen LogP contribution is 2.22. The quantitative estimate of drug-likeness (QED) is 0.842. The van der Waals surface area contributed by atoms with Gasteiger partial charge in [-0.3, -0.25) is 0 Å². The first kappa shape index (κ1) is 15.1. The summed E-state index contributed by atoms with van der Waals surface area (Å²) in [5, 5.41) is 3.27. The van der Waals surface area contributed by atoms with E-state index in [2.05, 4.69) is 15.3 Å². The van der Waals surface area contributed by atoms with Gasteiger partial charge in [0.15, 0.2) is 0 Å². The molecule has 20 heavy (non-hydrogen) atoms. The van der Waals surface area contributed by atoms with Gasteiger partial charge in [-0.25, -0.2) is 14.8 Å². The summed E-state index contributed by atoms with van der Waals surface area (Å²) in [6, 6.07) is 0. The van der Waals surface area contributed by atoms with E-state index in [1.54, 1.807) is 20.0 Å². The monoisotopic (exact) mass is 295 g/mol. The molecule has 1 aromatic heterocycles. The molecule has 1 N–H and O–H groups in total. The van der Waals surface area contributed by atoms with Crippen molar-refractivity contribution in [1.82, 2.24) is 9.97 Å². The zero-order chi connectivity index (χ0) is 14.4. The van der Waals surface area contributed by atoms with Crippen LogP contribution >= 0.6 is 11.8 Å². The topological polar surface area (TPSA) is 64.1 Å². The second kappa shape index (κ2) is 7.47. The number of aryl methyl sites for hydroxylation is 1. The predicted molar refractivity (Wildman–Crippen MR) is 81.3 cm³/mol. The number of carbonyl (C=O) groups is 1. The first-order valence-electron chi connectivity index (χ1n) is 7.03. The van der Waals surface area contributed by atoms with Crippen LogP contribution in [0, 0.1) is 12.8 Å². The number of nitrogens with one attached hydrogen (secondary N) is 1. The SMILES string of the molecule is CCOC(=O)c1cnc(NCC2CCSCC2)nc1C. The molecule has 0 radical (unpaired) electrons. The van der Waals surface area contributed by atoms with Gasteiger partial charge >= 0.3 is 5.97 Å². The van der Waals surface area contributed by atoms with E-state index >= 15 is 0 Å². The number of anilines is 1. The first-order chi connectivity index (χ1) is 9.70. The fourth-order valence-electron chi connectivity index (χ4n) is 2.15. The number of esters is 1. The van der Waals surface area contributed by atoms with Gasteiger partial charge in [-0.15, -0.1) is 0 Å². The van der Waals surface area contributed by atoms with E-state index in [1.165, 1.54) is 24.3 Å². The fraction of sp³-hybridized carbons (Fsp3) is 0.643. The molecule has 2 heterocycles. The van der Waals surface area contributed by atoms with Crippen molar-refractivity contribution in [2.24, 2.45) is 5.92 Å². The van der Waals surface area contributed by atoms with E-state index in [-0.39, 0.29) is 5.97 Å². The molecule has 2 rings (SSSR count). The van der Waals surface area contributed by atoms with Crippen LogP contribution in [0.5, 0.6) is 0 Å². The third kappa shape index (κ3) is 4.10. The van der Waals surface area contributed by atoms with E-state index in [4.69, 9.17) is 4.74 Å². The Morgan fingerprint density at radius 1 is 1.50 bits per heavy atom. The Labute approximate surface area is 123 Å². The van der Waals surface area contributed by atoms with Crippen LogP contribution in [0.2, 0.25) is 0 Å². The van der Waals surface area contributed by atoms with Crippen molar-refractivity contribution in [2.75, 3.05) is 30.0 Å². The van der Waals surface area contributed by atoms with Gasteiger partial charge in [0.05, 0.1) is 17.9 Å². The summed E-state index contributed by atoms with van der Waals surface area (Å²) < 4.78 is 4.96. The summed E-state index contributed by atoms with van der Waals surface area (Å²) in [5.74, 6) is 3.42. The van der Waals surface area contributed by atoms with Crippen LogP contribution in [-0.2, 0) is 4.74 Å². The van der Waals surface area contributed by atoms with Crippen molar-refractivity contribution in [3.05, 3.63) is 17.5 Å². The maximum absolute atomic E-state index is 11.7. The van der Waals surface area contributed by atoms with Gasteiger partial charge in [-0.1, -0.05) is 0 Å². The normalized spacial score (nSPS) is 15.9. The highest BCUT2D eigenvalue weighted by molar-refractivity contribution is 7.99. The maximum Gasteiger partial charge on any atom is 0.341 e. The number of rotatable bonds is 5. The molecule has 6 heteroatoms. The van der Waals surface area contributed by atoms with Gasteiger partial charge in [0.1, 0.15) is 0 Å². The first-order valence-corrected chi connectivity index (χ1v) is 8.18. The molecule has 1 fully saturated rings. The summed E-state index contributed by atoms with van der Waals surface area (Å²) in [7, 11) is 0. The van der Waals surface area contributed by atoms with Gasteiger partial charge in [0.25, 0.3) is 0 Å². The van der Waals surface area contributed by atoms with Crippen molar-refractivity contribution >= 4 is 23.7 Å². The Morgan fingerprint density at radius 3 is 2.90 bits per heavy atom. The van der Waals surface area contributed by atoms with Gasteiger partial charge in [-0.05, 0) is 44.1 Å². The van der Waals surface area contributed by atoms with Crippen LogP contribution in [0.1, 0.15) is 35.8 Å². The average molecular weight is 295 g/mol. The second-order valence-electron chi connectivity index (χ2n) is 4.85. The van der Waals surface area contributed by atoms with Crippen LogP contribution in [0.15, 0.2) is 6.20 Å². The zero-order valence-electron chi connectivity index (χ0n) is 12.0. The summed E-state index contributed by atoms with van der Waals surface area (Å²) in [6.45, 7) is 4.85. The van der Waals surface area contributed by atoms with E-state index in [9.17, 15) is 4.79 Å². The lowest BCUT2D eigenvalue weighted by molar-refractivity contribution is 0.0524. The lowest BCUT2D eigenvalue weighted by Crippen LogP contribution is -2.20. The van der Waals surface area contributed by atoms with Crippen molar-refractivity contribution in [3.63, 3.8) is 0 Å². The molecule has 110 valence electrons. The minimum Gasteiger partial charge on any atom is -0.462 e. The number of thioether (sulfide) groups is 1. The van der Waals surface area contributed by atoms with Gasteiger partial charge < -0.3 is 10.1 Å². The molecule has 0 aliphatic carbocycles. The number of hydrogen-bond acceptors (Lipinski definition) is 6. The molecule has 1 aromatic rings. The third-order valence-electron chi connectivity index (χ3n) is 3.36. The standard InChI is InChI=1S/C14H21N3O2S/c1-3-19-13(18)12-9-16-14(17-10(12)2)15-8-11-4-6-20-7-5-11/h9,11H,3-8H2,1-2H3,(H,15,16,17). The van der Waals surface area contributed by atoms with Crippen LogP contribution < -0.4 is 5.32 Å². The molecule has 5 nitrogen and oxygen atoms in total. The molecule has 1 saturated heterocycles. The molecule has 0 bridgehead atoms. The molecule has 1 aliphatic rings. The van der Waals surface area contributed by atoms with Crippen LogP contribution in [0.4, 0.5) is 5.95 Å². The molecule has 0 spiro atoms. The summed E-state index contributed by atoms with van der Waals surface area (Å²) in [4.78, 5) is 20.2. The molecule has 1 aliphatic heterocycles. The van der Waals surface area contributed by atoms with E-state index < -0.39 is 0 Å². The smallest absolute Gasteiger partial charge is 0.341 e. The summed E-state index contributed by atoms with van der Waals surface area (Å²) in [6.07, 6.45) is 4.04. The Balaban J connectivity index is 1.92. The maximum atomic E-state index is 11.7. The molecule has 0 saturated carbocycles. The number of hydrogen-bond donors (Lipinski definition) is 1. The largest absolute Gasteiger partial charge is 0.462 e. The second-order valence-corrected chi connectivity index (χ2v) is 6.07. The molecule has 0 unspecified atom stereocenters. The zero-order valence-corrected chi connectivity index (χ0v) is 12.8. The molecular weight excluding hydrogens is 274 g/mol. The number of carbonyl (C=O) groups excluding carboxylic acids is 1. The summed E-state index contributed by atoms with van der Waals surface area (Å²) in [5.41, 5.74) is 1.09. The Hall–Kier alpha value is -1.30. The highest BCUT2D eigenvalue weighted by atomic mass is 32.2. The predicted octanol–water partition coefficient (Wildman–Crippen LogP) is 2.52. The minimum absolute atomic E-state index is 0.359.